The molecule has 0 bridgehead atoms. The Morgan fingerprint density at radius 3 is 2.67 bits per heavy atom. The van der Waals surface area contributed by atoms with Gasteiger partial charge in [-0.25, -0.2) is 5.84 Å². The van der Waals surface area contributed by atoms with Gasteiger partial charge in [-0.1, -0.05) is 18.2 Å². The number of hydrazine groups is 1. The highest BCUT2D eigenvalue weighted by molar-refractivity contribution is 5.51. The predicted octanol–water partition coefficient (Wildman–Crippen LogP) is 0.716. The van der Waals surface area contributed by atoms with Gasteiger partial charge in [0.05, 0.1) is 5.69 Å². The van der Waals surface area contributed by atoms with Crippen LogP contribution in [0.5, 0.6) is 0 Å². The van der Waals surface area contributed by atoms with E-state index < -0.39 is 0 Å². The van der Waals surface area contributed by atoms with Crippen molar-refractivity contribution in [1.82, 2.24) is 5.32 Å². The van der Waals surface area contributed by atoms with Gasteiger partial charge in [0.1, 0.15) is 0 Å². The van der Waals surface area contributed by atoms with Gasteiger partial charge in [-0.3, -0.25) is 0 Å². The summed E-state index contributed by atoms with van der Waals surface area (Å²) in [6, 6.07) is 8.07. The molecular weight excluding hydrogens is 150 g/mol. The normalized spacial score (nSPS) is 9.92. The van der Waals surface area contributed by atoms with E-state index in [1.807, 2.05) is 32.3 Å². The molecule has 3 nitrogen and oxygen atoms in total. The van der Waals surface area contributed by atoms with E-state index in [0.29, 0.717) is 0 Å². The molecule has 0 aliphatic rings. The Labute approximate surface area is 73.1 Å². The van der Waals surface area contributed by atoms with Crippen LogP contribution < -0.4 is 16.2 Å². The molecule has 3 N–H and O–H groups in total. The van der Waals surface area contributed by atoms with Crippen LogP contribution in [0.15, 0.2) is 24.3 Å². The van der Waals surface area contributed by atoms with Crippen LogP contribution in [0.2, 0.25) is 0 Å². The van der Waals surface area contributed by atoms with E-state index in [1.54, 1.807) is 5.01 Å². The van der Waals surface area contributed by atoms with Crippen LogP contribution in [-0.4, -0.2) is 14.1 Å². The van der Waals surface area contributed by atoms with Crippen molar-refractivity contribution in [3.63, 3.8) is 0 Å². The fraction of sp³-hybridized carbons (Fsp3) is 0.333. The smallest absolute Gasteiger partial charge is 0.0558 e. The van der Waals surface area contributed by atoms with Crippen molar-refractivity contribution in [3.05, 3.63) is 29.8 Å². The quantitative estimate of drug-likeness (QED) is 0.512. The van der Waals surface area contributed by atoms with Gasteiger partial charge in [0, 0.05) is 13.6 Å². The molecule has 3 heteroatoms. The fourth-order valence-electron chi connectivity index (χ4n) is 1.19. The van der Waals surface area contributed by atoms with E-state index >= 15 is 0 Å². The van der Waals surface area contributed by atoms with Crippen LogP contribution in [0, 0.1) is 0 Å². The molecule has 1 aromatic rings. The molecule has 0 amide bonds. The van der Waals surface area contributed by atoms with Crippen LogP contribution in [0.1, 0.15) is 5.56 Å². The average Bonchev–Trinajstić information content (AvgIpc) is 2.05. The number of nitrogens with one attached hydrogen (secondary N) is 1. The fourth-order valence-corrected chi connectivity index (χ4v) is 1.19. The summed E-state index contributed by atoms with van der Waals surface area (Å²) in [5, 5.41) is 4.73. The van der Waals surface area contributed by atoms with Crippen LogP contribution >= 0.6 is 0 Å². The maximum absolute atomic E-state index is 5.65. The molecule has 0 aliphatic carbocycles. The van der Waals surface area contributed by atoms with Gasteiger partial charge in [0.25, 0.3) is 0 Å². The van der Waals surface area contributed by atoms with E-state index in [0.717, 1.165) is 12.2 Å². The van der Waals surface area contributed by atoms with E-state index in [-0.39, 0.29) is 0 Å². The Kier molecular flexibility index (Phi) is 3.08. The monoisotopic (exact) mass is 165 g/mol. The van der Waals surface area contributed by atoms with E-state index in [2.05, 4.69) is 11.4 Å². The highest BCUT2D eigenvalue weighted by atomic mass is 15.4. The summed E-state index contributed by atoms with van der Waals surface area (Å²) in [6.07, 6.45) is 0. The van der Waals surface area contributed by atoms with E-state index in [1.165, 1.54) is 5.56 Å². The van der Waals surface area contributed by atoms with Crippen molar-refractivity contribution in [2.24, 2.45) is 5.84 Å². The zero-order valence-corrected chi connectivity index (χ0v) is 7.54. The van der Waals surface area contributed by atoms with Crippen LogP contribution in [0.4, 0.5) is 5.69 Å². The molecule has 0 fully saturated rings. The third kappa shape index (κ3) is 1.96. The molecule has 0 unspecified atom stereocenters. The Morgan fingerprint density at radius 1 is 1.42 bits per heavy atom. The van der Waals surface area contributed by atoms with Gasteiger partial charge >= 0.3 is 0 Å². The predicted molar refractivity (Wildman–Crippen MR) is 51.8 cm³/mol. The van der Waals surface area contributed by atoms with Gasteiger partial charge < -0.3 is 10.3 Å². The Hall–Kier alpha value is -1.06. The van der Waals surface area contributed by atoms with Crippen molar-refractivity contribution in [1.29, 1.82) is 0 Å². The third-order valence-corrected chi connectivity index (χ3v) is 1.74. The van der Waals surface area contributed by atoms with Crippen molar-refractivity contribution >= 4 is 5.69 Å². The highest BCUT2D eigenvalue weighted by Crippen LogP contribution is 2.15. The van der Waals surface area contributed by atoms with Gasteiger partial charge in [0.15, 0.2) is 0 Å². The molecule has 0 radical (unpaired) electrons. The second kappa shape index (κ2) is 4.09. The van der Waals surface area contributed by atoms with Gasteiger partial charge in [-0.2, -0.15) is 0 Å². The van der Waals surface area contributed by atoms with E-state index in [9.17, 15) is 0 Å². The Morgan fingerprint density at radius 2 is 2.08 bits per heavy atom. The second-order valence-electron chi connectivity index (χ2n) is 2.77. The number of nitrogens with two attached hydrogens (primary N) is 1. The first-order valence-corrected chi connectivity index (χ1v) is 3.96. The zero-order chi connectivity index (χ0) is 8.97. The highest BCUT2D eigenvalue weighted by Gasteiger charge is 2.01. The lowest BCUT2D eigenvalue weighted by atomic mass is 10.2. The maximum Gasteiger partial charge on any atom is 0.0558 e. The number of para-hydroxylation sites is 1. The summed E-state index contributed by atoms with van der Waals surface area (Å²) in [4.78, 5) is 0. The first-order chi connectivity index (χ1) is 5.75. The van der Waals surface area contributed by atoms with Crippen molar-refractivity contribution in [3.8, 4) is 0 Å². The molecule has 0 saturated heterocycles. The summed E-state index contributed by atoms with van der Waals surface area (Å²) in [6.45, 7) is 0.845. The molecule has 1 aromatic carbocycles. The lowest BCUT2D eigenvalue weighted by molar-refractivity contribution is 0.811. The minimum Gasteiger partial charge on any atom is -0.316 e. The largest absolute Gasteiger partial charge is 0.316 e. The standard InChI is InChI=1S/C9H15N3/c1-11-7-8-5-3-4-6-9(8)12(2)10/h3-6,11H,7,10H2,1-2H3. The minimum atomic E-state index is 0.845. The Balaban J connectivity index is 2.92. The lowest BCUT2D eigenvalue weighted by Gasteiger charge is -2.16. The van der Waals surface area contributed by atoms with Crippen molar-refractivity contribution < 1.29 is 0 Å². The number of nitrogens with zero attached hydrogens (tertiary/aromatic N) is 1. The molecule has 1 rings (SSSR count). The summed E-state index contributed by atoms with van der Waals surface area (Å²) >= 11 is 0. The molecule has 12 heavy (non-hydrogen) atoms. The van der Waals surface area contributed by atoms with Crippen molar-refractivity contribution in [2.45, 2.75) is 6.54 Å². The third-order valence-electron chi connectivity index (χ3n) is 1.74. The first kappa shape index (κ1) is 9.03. The van der Waals surface area contributed by atoms with Crippen molar-refractivity contribution in [2.75, 3.05) is 19.1 Å². The first-order valence-electron chi connectivity index (χ1n) is 3.96. The summed E-state index contributed by atoms with van der Waals surface area (Å²) in [7, 11) is 3.77. The van der Waals surface area contributed by atoms with Crippen LogP contribution in [-0.2, 0) is 6.54 Å². The minimum absolute atomic E-state index is 0.845. The molecule has 0 heterocycles. The number of anilines is 1. The van der Waals surface area contributed by atoms with Crippen LogP contribution in [0.3, 0.4) is 0 Å². The maximum atomic E-state index is 5.65. The molecule has 66 valence electrons. The molecule has 0 atom stereocenters. The second-order valence-corrected chi connectivity index (χ2v) is 2.77. The SMILES string of the molecule is CNCc1ccccc1N(C)N. The number of rotatable bonds is 3. The van der Waals surface area contributed by atoms with Gasteiger partial charge in [-0.05, 0) is 18.7 Å². The Bertz CT molecular complexity index is 245. The van der Waals surface area contributed by atoms with Gasteiger partial charge in [-0.15, -0.1) is 0 Å². The number of benzene rings is 1. The molecule has 0 aliphatic heterocycles. The van der Waals surface area contributed by atoms with E-state index in [4.69, 9.17) is 5.84 Å². The average molecular weight is 165 g/mol. The summed E-state index contributed by atoms with van der Waals surface area (Å²) < 4.78 is 0. The topological polar surface area (TPSA) is 41.3 Å². The lowest BCUT2D eigenvalue weighted by Crippen LogP contribution is -2.26. The zero-order valence-electron chi connectivity index (χ0n) is 7.54. The number of hydrogen-bond acceptors (Lipinski definition) is 3. The summed E-state index contributed by atoms with van der Waals surface area (Å²) in [5.41, 5.74) is 2.27. The summed E-state index contributed by atoms with van der Waals surface area (Å²) in [5.74, 6) is 5.65. The van der Waals surface area contributed by atoms with Crippen LogP contribution in [0.25, 0.3) is 0 Å². The van der Waals surface area contributed by atoms with Gasteiger partial charge in [0.2, 0.25) is 0 Å². The molecule has 0 aromatic heterocycles. The molecule has 0 saturated carbocycles. The molecule has 0 spiro atoms. The molecular formula is C9H15N3. The number of hydrogen-bond donors (Lipinski definition) is 2.